The average molecular weight is 382 g/mol. The molecule has 126 valence electrons. The number of nitrogens with one attached hydrogen (secondary N) is 1. The summed E-state index contributed by atoms with van der Waals surface area (Å²) in [6.45, 7) is 1.74. The van der Waals surface area contributed by atoms with E-state index in [4.69, 9.17) is 4.74 Å². The van der Waals surface area contributed by atoms with Crippen LogP contribution in [0.1, 0.15) is 50.5 Å². The van der Waals surface area contributed by atoms with Gasteiger partial charge in [0, 0.05) is 10.9 Å². The summed E-state index contributed by atoms with van der Waals surface area (Å²) in [4.78, 5) is 23.6. The van der Waals surface area contributed by atoms with Crippen LogP contribution in [0.15, 0.2) is 22.7 Å². The zero-order valence-electron chi connectivity index (χ0n) is 13.6. The summed E-state index contributed by atoms with van der Waals surface area (Å²) in [5.74, 6) is 0.0444. The molecule has 0 atom stereocenters. The Hall–Kier alpha value is -1.36. The number of hydrogen-bond acceptors (Lipinski definition) is 3. The third-order valence-electron chi connectivity index (χ3n) is 4.24. The molecule has 0 spiro atoms. The molecule has 1 aromatic rings. The van der Waals surface area contributed by atoms with Crippen molar-refractivity contribution >= 4 is 33.5 Å². The van der Waals surface area contributed by atoms with E-state index in [0.717, 1.165) is 16.5 Å². The lowest BCUT2D eigenvalue weighted by atomic mass is 9.86. The van der Waals surface area contributed by atoms with Gasteiger partial charge in [-0.2, -0.15) is 0 Å². The van der Waals surface area contributed by atoms with Crippen LogP contribution in [-0.2, 0) is 14.3 Å². The predicted molar refractivity (Wildman–Crippen MR) is 94.3 cm³/mol. The fraction of sp³-hybridized carbons (Fsp3) is 0.556. The number of esters is 1. The van der Waals surface area contributed by atoms with Gasteiger partial charge >= 0.3 is 5.97 Å². The Morgan fingerprint density at radius 1 is 1.26 bits per heavy atom. The molecule has 0 saturated heterocycles. The number of benzene rings is 1. The van der Waals surface area contributed by atoms with Gasteiger partial charge in [0.2, 0.25) is 0 Å². The molecule has 0 bridgehead atoms. The summed E-state index contributed by atoms with van der Waals surface area (Å²) in [5.41, 5.74) is 1.78. The molecular formula is C18H24BrNO3. The molecule has 0 aliphatic heterocycles. The number of aryl methyl sites for hydroxylation is 1. The number of anilines is 1. The van der Waals surface area contributed by atoms with Crippen LogP contribution in [0.4, 0.5) is 5.69 Å². The maximum absolute atomic E-state index is 11.9. The van der Waals surface area contributed by atoms with E-state index < -0.39 is 0 Å². The molecule has 0 unspecified atom stereocenters. The monoisotopic (exact) mass is 381 g/mol. The number of halogens is 1. The summed E-state index contributed by atoms with van der Waals surface area (Å²) in [6.07, 6.45) is 7.58. The molecule has 0 aromatic heterocycles. The van der Waals surface area contributed by atoms with Gasteiger partial charge in [-0.25, -0.2) is 0 Å². The fourth-order valence-corrected chi connectivity index (χ4v) is 3.52. The van der Waals surface area contributed by atoms with E-state index in [-0.39, 0.29) is 18.5 Å². The van der Waals surface area contributed by atoms with Gasteiger partial charge in [-0.15, -0.1) is 0 Å². The van der Waals surface area contributed by atoms with Crippen LogP contribution < -0.4 is 5.32 Å². The lowest BCUT2D eigenvalue weighted by molar-refractivity contribution is -0.147. The summed E-state index contributed by atoms with van der Waals surface area (Å²) >= 11 is 3.40. The van der Waals surface area contributed by atoms with E-state index >= 15 is 0 Å². The number of hydrogen-bond donors (Lipinski definition) is 1. The van der Waals surface area contributed by atoms with E-state index in [1.165, 1.54) is 32.1 Å². The number of carbonyl (C=O) groups excluding carboxylic acids is 2. The first kappa shape index (κ1) is 18.0. The van der Waals surface area contributed by atoms with E-state index in [2.05, 4.69) is 21.2 Å². The van der Waals surface area contributed by atoms with Crippen molar-refractivity contribution in [3.8, 4) is 0 Å². The van der Waals surface area contributed by atoms with Crippen molar-refractivity contribution in [1.82, 2.24) is 0 Å². The molecule has 2 rings (SSSR count). The Balaban J connectivity index is 1.68. The van der Waals surface area contributed by atoms with Gasteiger partial charge in [-0.3, -0.25) is 9.59 Å². The Morgan fingerprint density at radius 2 is 2.00 bits per heavy atom. The second kappa shape index (κ2) is 9.06. The number of rotatable bonds is 6. The quantitative estimate of drug-likeness (QED) is 0.732. The molecular weight excluding hydrogens is 358 g/mol. The molecule has 1 aliphatic carbocycles. The molecule has 1 fully saturated rings. The van der Waals surface area contributed by atoms with Crippen molar-refractivity contribution in [2.24, 2.45) is 5.92 Å². The Bertz CT molecular complexity index is 553. The molecule has 1 aliphatic rings. The van der Waals surface area contributed by atoms with Crippen LogP contribution >= 0.6 is 15.9 Å². The average Bonchev–Trinajstić information content (AvgIpc) is 2.54. The first-order valence-electron chi connectivity index (χ1n) is 8.26. The van der Waals surface area contributed by atoms with Crippen molar-refractivity contribution in [3.63, 3.8) is 0 Å². The highest BCUT2D eigenvalue weighted by Crippen LogP contribution is 2.27. The minimum Gasteiger partial charge on any atom is -0.456 e. The molecule has 1 amide bonds. The third kappa shape index (κ3) is 6.34. The van der Waals surface area contributed by atoms with Crippen molar-refractivity contribution in [1.29, 1.82) is 0 Å². The van der Waals surface area contributed by atoms with Gasteiger partial charge < -0.3 is 10.1 Å². The van der Waals surface area contributed by atoms with Crippen molar-refractivity contribution in [2.45, 2.75) is 51.9 Å². The maximum Gasteiger partial charge on any atom is 0.306 e. The lowest BCUT2D eigenvalue weighted by Gasteiger charge is -2.20. The van der Waals surface area contributed by atoms with Crippen molar-refractivity contribution in [3.05, 3.63) is 28.2 Å². The van der Waals surface area contributed by atoms with Crippen LogP contribution in [0.25, 0.3) is 0 Å². The van der Waals surface area contributed by atoms with E-state index in [1.54, 1.807) is 0 Å². The van der Waals surface area contributed by atoms with Gasteiger partial charge in [-0.1, -0.05) is 38.2 Å². The van der Waals surface area contributed by atoms with Crippen molar-refractivity contribution < 1.29 is 14.3 Å². The molecule has 0 heterocycles. The molecule has 4 nitrogen and oxygen atoms in total. The van der Waals surface area contributed by atoms with E-state index in [0.29, 0.717) is 18.0 Å². The molecule has 1 N–H and O–H groups in total. The highest BCUT2D eigenvalue weighted by molar-refractivity contribution is 9.10. The number of carbonyl (C=O) groups is 2. The summed E-state index contributed by atoms with van der Waals surface area (Å²) < 4.78 is 5.88. The third-order valence-corrected chi connectivity index (χ3v) is 4.90. The van der Waals surface area contributed by atoms with Crippen LogP contribution in [0.5, 0.6) is 0 Å². The Labute approximate surface area is 146 Å². The molecule has 5 heteroatoms. The van der Waals surface area contributed by atoms with Crippen LogP contribution in [0.3, 0.4) is 0 Å². The second-order valence-corrected chi connectivity index (χ2v) is 7.09. The molecule has 23 heavy (non-hydrogen) atoms. The predicted octanol–water partition coefficient (Wildman–Crippen LogP) is 4.60. The summed E-state index contributed by atoms with van der Waals surface area (Å²) in [7, 11) is 0. The molecule has 1 aromatic carbocycles. The van der Waals surface area contributed by atoms with E-state index in [9.17, 15) is 9.59 Å². The van der Waals surface area contributed by atoms with Gasteiger partial charge in [0.05, 0.1) is 5.69 Å². The number of ether oxygens (including phenoxy) is 1. The smallest absolute Gasteiger partial charge is 0.306 e. The first-order valence-corrected chi connectivity index (χ1v) is 9.05. The zero-order valence-corrected chi connectivity index (χ0v) is 15.2. The molecule has 0 radical (unpaired) electrons. The van der Waals surface area contributed by atoms with E-state index in [1.807, 2.05) is 25.1 Å². The highest BCUT2D eigenvalue weighted by atomic mass is 79.9. The highest BCUT2D eigenvalue weighted by Gasteiger charge is 2.16. The van der Waals surface area contributed by atoms with Crippen LogP contribution in [0.2, 0.25) is 0 Å². The van der Waals surface area contributed by atoms with Crippen LogP contribution in [-0.4, -0.2) is 18.5 Å². The van der Waals surface area contributed by atoms with Gasteiger partial charge in [0.15, 0.2) is 6.61 Å². The zero-order chi connectivity index (χ0) is 16.7. The second-order valence-electron chi connectivity index (χ2n) is 6.23. The lowest BCUT2D eigenvalue weighted by Crippen LogP contribution is -2.21. The van der Waals surface area contributed by atoms with Gasteiger partial charge in [-0.05, 0) is 52.9 Å². The minimum absolute atomic E-state index is 0.232. The molecule has 1 saturated carbocycles. The first-order chi connectivity index (χ1) is 11.0. The summed E-state index contributed by atoms with van der Waals surface area (Å²) in [6, 6.07) is 5.66. The topological polar surface area (TPSA) is 55.4 Å². The Kier molecular flexibility index (Phi) is 7.09. The van der Waals surface area contributed by atoms with Gasteiger partial charge in [0.1, 0.15) is 0 Å². The maximum atomic E-state index is 11.9. The van der Waals surface area contributed by atoms with Crippen LogP contribution in [0, 0.1) is 12.8 Å². The largest absolute Gasteiger partial charge is 0.456 e. The van der Waals surface area contributed by atoms with Crippen molar-refractivity contribution in [2.75, 3.05) is 11.9 Å². The van der Waals surface area contributed by atoms with Gasteiger partial charge in [0.25, 0.3) is 5.91 Å². The SMILES string of the molecule is Cc1ccc(NC(=O)COC(=O)CCC2CCCCC2)c(Br)c1. The number of amides is 1. The normalized spacial score (nSPS) is 15.2. The fourth-order valence-electron chi connectivity index (χ4n) is 2.92. The minimum atomic E-state index is -0.319. The standard InChI is InChI=1S/C18H24BrNO3/c1-13-7-9-16(15(19)11-13)20-17(21)12-23-18(22)10-8-14-5-3-2-4-6-14/h7,9,11,14H,2-6,8,10,12H2,1H3,(H,20,21). The Morgan fingerprint density at radius 3 is 2.70 bits per heavy atom. The summed E-state index contributed by atoms with van der Waals surface area (Å²) in [5, 5.41) is 2.74.